The lowest BCUT2D eigenvalue weighted by atomic mass is 10.1. The molecule has 0 spiro atoms. The normalized spacial score (nSPS) is 13.1. The third-order valence-corrected chi connectivity index (χ3v) is 6.24. The van der Waals surface area contributed by atoms with E-state index in [1.807, 2.05) is 13.0 Å². The molecule has 0 saturated carbocycles. The molecule has 8 nitrogen and oxygen atoms in total. The van der Waals surface area contributed by atoms with E-state index >= 15 is 0 Å². The van der Waals surface area contributed by atoms with Crippen molar-refractivity contribution in [3.8, 4) is 0 Å². The number of hydrogen-bond acceptors (Lipinski definition) is 6. The van der Waals surface area contributed by atoms with E-state index in [2.05, 4.69) is 10.6 Å². The van der Waals surface area contributed by atoms with Crippen molar-refractivity contribution < 1.29 is 23.9 Å². The second kappa shape index (κ2) is 11.7. The monoisotopic (exact) mass is 531 g/mol. The van der Waals surface area contributed by atoms with Crippen LogP contribution in [0.25, 0.3) is 0 Å². The molecule has 38 heavy (non-hydrogen) atoms. The Morgan fingerprint density at radius 1 is 0.895 bits per heavy atom. The molecule has 3 aromatic carbocycles. The predicted octanol–water partition coefficient (Wildman–Crippen LogP) is 5.64. The molecule has 0 atom stereocenters. The van der Waals surface area contributed by atoms with E-state index in [-0.39, 0.29) is 16.6 Å². The number of nitrogens with one attached hydrogen (secondary N) is 2. The molecule has 9 heteroatoms. The van der Waals surface area contributed by atoms with Crippen molar-refractivity contribution in [2.45, 2.75) is 26.7 Å². The van der Waals surface area contributed by atoms with Crippen LogP contribution in [0, 0.1) is 6.92 Å². The summed E-state index contributed by atoms with van der Waals surface area (Å²) in [4.78, 5) is 51.7. The van der Waals surface area contributed by atoms with E-state index in [0.29, 0.717) is 34.8 Å². The third-order valence-electron chi connectivity index (χ3n) is 5.89. The van der Waals surface area contributed by atoms with E-state index in [0.717, 1.165) is 23.3 Å². The third kappa shape index (κ3) is 5.76. The number of carbonyl (C=O) groups excluding carboxylic acids is 4. The van der Waals surface area contributed by atoms with Gasteiger partial charge in [-0.3, -0.25) is 14.4 Å². The van der Waals surface area contributed by atoms with Gasteiger partial charge in [0.15, 0.2) is 0 Å². The minimum Gasteiger partial charge on any atom is -0.462 e. The van der Waals surface area contributed by atoms with Crippen LogP contribution in [0.4, 0.5) is 17.1 Å². The number of hydrogen-bond donors (Lipinski definition) is 2. The molecule has 0 saturated heterocycles. The highest BCUT2D eigenvalue weighted by Crippen LogP contribution is 2.31. The van der Waals surface area contributed by atoms with Crippen LogP contribution in [-0.4, -0.2) is 30.3 Å². The molecule has 1 heterocycles. The Kier molecular flexibility index (Phi) is 8.23. The van der Waals surface area contributed by atoms with Crippen molar-refractivity contribution in [3.05, 3.63) is 100 Å². The van der Waals surface area contributed by atoms with Crippen LogP contribution in [0.2, 0.25) is 0 Å². The van der Waals surface area contributed by atoms with Gasteiger partial charge in [0.25, 0.3) is 17.7 Å². The van der Waals surface area contributed by atoms with Crippen LogP contribution in [0.5, 0.6) is 0 Å². The van der Waals surface area contributed by atoms with Crippen molar-refractivity contribution in [2.75, 3.05) is 22.1 Å². The number of rotatable bonds is 9. The number of esters is 1. The van der Waals surface area contributed by atoms with Crippen LogP contribution >= 0.6 is 11.6 Å². The summed E-state index contributed by atoms with van der Waals surface area (Å²) in [6.07, 6.45) is 1.70. The van der Waals surface area contributed by atoms with Gasteiger partial charge < -0.3 is 15.4 Å². The Hall–Kier alpha value is -4.43. The Labute approximate surface area is 225 Å². The fourth-order valence-corrected chi connectivity index (χ4v) is 4.03. The first kappa shape index (κ1) is 26.6. The number of aryl methyl sites for hydroxylation is 1. The van der Waals surface area contributed by atoms with Crippen LogP contribution in [0.1, 0.15) is 46.0 Å². The topological polar surface area (TPSA) is 105 Å². The first-order valence-corrected chi connectivity index (χ1v) is 12.5. The first-order chi connectivity index (χ1) is 18.3. The maximum Gasteiger partial charge on any atom is 0.338 e. The van der Waals surface area contributed by atoms with Crippen molar-refractivity contribution in [1.82, 2.24) is 0 Å². The number of para-hydroxylation sites is 1. The average Bonchev–Trinajstić information content (AvgIpc) is 3.12. The Balaban J connectivity index is 1.42. The van der Waals surface area contributed by atoms with Gasteiger partial charge in [0.05, 0.1) is 17.9 Å². The van der Waals surface area contributed by atoms with Gasteiger partial charge >= 0.3 is 5.97 Å². The van der Waals surface area contributed by atoms with Gasteiger partial charge in [0, 0.05) is 16.9 Å². The number of halogens is 1. The van der Waals surface area contributed by atoms with E-state index in [4.69, 9.17) is 16.3 Å². The number of benzene rings is 3. The molecule has 3 amide bonds. The Morgan fingerprint density at radius 2 is 1.63 bits per heavy atom. The molecule has 0 radical (unpaired) electrons. The number of imide groups is 1. The van der Waals surface area contributed by atoms with Crippen LogP contribution in [0.3, 0.4) is 0 Å². The van der Waals surface area contributed by atoms with Crippen LogP contribution in [0.15, 0.2) is 83.5 Å². The van der Waals surface area contributed by atoms with Crippen LogP contribution in [-0.2, 0) is 14.3 Å². The lowest BCUT2D eigenvalue weighted by Gasteiger charge is -2.17. The van der Waals surface area contributed by atoms with Crippen molar-refractivity contribution in [3.63, 3.8) is 0 Å². The number of carbonyl (C=O) groups is 4. The van der Waals surface area contributed by atoms with E-state index in [1.165, 1.54) is 0 Å². The second-order valence-corrected chi connectivity index (χ2v) is 9.03. The SMILES string of the molecule is CCCCOC(=O)c1cccc(NC(=O)c2ccc(NC3=C(Cl)C(=O)N(c4ccccc4C)C3=O)cc2)c1. The highest BCUT2D eigenvalue weighted by Gasteiger charge is 2.39. The second-order valence-electron chi connectivity index (χ2n) is 8.65. The molecule has 1 aliphatic rings. The number of anilines is 3. The molecule has 3 aromatic rings. The summed E-state index contributed by atoms with van der Waals surface area (Å²) in [5.74, 6) is -2.01. The van der Waals surface area contributed by atoms with E-state index in [9.17, 15) is 19.2 Å². The lowest BCUT2D eigenvalue weighted by molar-refractivity contribution is -0.120. The highest BCUT2D eigenvalue weighted by molar-refractivity contribution is 6.53. The molecular formula is C29H26ClN3O5. The van der Waals surface area contributed by atoms with Gasteiger partial charge in [-0.15, -0.1) is 0 Å². The standard InChI is InChI=1S/C29H26ClN3O5/c1-3-4-16-38-29(37)20-9-7-10-22(17-20)32-26(34)19-12-14-21(15-13-19)31-25-24(30)27(35)33(28(25)36)23-11-6-5-8-18(23)2/h5-15,17,31H,3-4,16H2,1-2H3,(H,32,34). The van der Waals surface area contributed by atoms with Gasteiger partial charge in [0.1, 0.15) is 10.7 Å². The zero-order valence-electron chi connectivity index (χ0n) is 20.9. The van der Waals surface area contributed by atoms with Crippen molar-refractivity contribution in [1.29, 1.82) is 0 Å². The summed E-state index contributed by atoms with van der Waals surface area (Å²) in [5, 5.41) is 5.44. The molecule has 4 rings (SSSR count). The van der Waals surface area contributed by atoms with Gasteiger partial charge in [0.2, 0.25) is 0 Å². The fraction of sp³-hybridized carbons (Fsp3) is 0.172. The quantitative estimate of drug-likeness (QED) is 0.210. The number of amides is 3. The Morgan fingerprint density at radius 3 is 2.34 bits per heavy atom. The molecule has 2 N–H and O–H groups in total. The van der Waals surface area contributed by atoms with E-state index in [1.54, 1.807) is 73.7 Å². The Bertz CT molecular complexity index is 1430. The molecule has 0 aliphatic carbocycles. The summed E-state index contributed by atoms with van der Waals surface area (Å²) < 4.78 is 5.22. The minimum atomic E-state index is -0.610. The maximum absolute atomic E-state index is 13.0. The summed E-state index contributed by atoms with van der Waals surface area (Å²) >= 11 is 6.22. The van der Waals surface area contributed by atoms with Crippen LogP contribution < -0.4 is 15.5 Å². The van der Waals surface area contributed by atoms with Gasteiger partial charge in [-0.2, -0.15) is 0 Å². The first-order valence-electron chi connectivity index (χ1n) is 12.1. The van der Waals surface area contributed by atoms with E-state index < -0.39 is 17.8 Å². The zero-order valence-corrected chi connectivity index (χ0v) is 21.7. The predicted molar refractivity (Wildman–Crippen MR) is 146 cm³/mol. The molecule has 0 fully saturated rings. The highest BCUT2D eigenvalue weighted by atomic mass is 35.5. The number of ether oxygens (including phenoxy) is 1. The summed E-state index contributed by atoms with van der Waals surface area (Å²) in [5.41, 5.74) is 2.79. The smallest absolute Gasteiger partial charge is 0.338 e. The molecule has 0 aromatic heterocycles. The molecule has 0 bridgehead atoms. The lowest BCUT2D eigenvalue weighted by Crippen LogP contribution is -2.32. The zero-order chi connectivity index (χ0) is 27.2. The fourth-order valence-electron chi connectivity index (χ4n) is 3.81. The molecule has 1 aliphatic heterocycles. The van der Waals surface area contributed by atoms with Crippen molar-refractivity contribution in [2.24, 2.45) is 0 Å². The van der Waals surface area contributed by atoms with Gasteiger partial charge in [-0.05, 0) is 67.4 Å². The maximum atomic E-state index is 13.0. The van der Waals surface area contributed by atoms with Gasteiger partial charge in [-0.1, -0.05) is 49.2 Å². The molecular weight excluding hydrogens is 506 g/mol. The number of nitrogens with zero attached hydrogens (tertiary/aromatic N) is 1. The molecule has 0 unspecified atom stereocenters. The number of unbranched alkanes of at least 4 members (excludes halogenated alkanes) is 1. The van der Waals surface area contributed by atoms with Gasteiger partial charge in [-0.25, -0.2) is 9.69 Å². The largest absolute Gasteiger partial charge is 0.462 e. The molecule has 194 valence electrons. The summed E-state index contributed by atoms with van der Waals surface area (Å²) in [7, 11) is 0. The average molecular weight is 532 g/mol. The minimum absolute atomic E-state index is 0.0419. The summed E-state index contributed by atoms with van der Waals surface area (Å²) in [6, 6.07) is 19.9. The summed E-state index contributed by atoms with van der Waals surface area (Å²) in [6.45, 7) is 4.15. The van der Waals surface area contributed by atoms with Crippen molar-refractivity contribution >= 4 is 52.4 Å².